The molecule has 1 saturated carbocycles. The number of carbonyl (C=O) groups excluding carboxylic acids is 3. The Balaban J connectivity index is 2.03. The fraction of sp³-hybridized carbons (Fsp3) is 0.357. The van der Waals surface area contributed by atoms with Crippen LogP contribution in [0.25, 0.3) is 0 Å². The summed E-state index contributed by atoms with van der Waals surface area (Å²) in [6, 6.07) is 5.81. The van der Waals surface area contributed by atoms with Gasteiger partial charge in [0, 0.05) is 12.8 Å². The molecule has 1 aliphatic carbocycles. The van der Waals surface area contributed by atoms with Gasteiger partial charge >= 0.3 is 5.97 Å². The van der Waals surface area contributed by atoms with E-state index >= 15 is 0 Å². The van der Waals surface area contributed by atoms with E-state index in [1.165, 1.54) is 7.11 Å². The van der Waals surface area contributed by atoms with Crippen molar-refractivity contribution in [2.75, 3.05) is 19.0 Å². The second-order valence-electron chi connectivity index (χ2n) is 4.30. The van der Waals surface area contributed by atoms with Gasteiger partial charge in [0.05, 0.1) is 12.2 Å². The molecule has 0 saturated heterocycles. The van der Waals surface area contributed by atoms with E-state index in [2.05, 4.69) is 5.32 Å². The first-order valence-corrected chi connectivity index (χ1v) is 6.23. The third kappa shape index (κ3) is 2.55. The highest BCUT2D eigenvalue weighted by Crippen LogP contribution is 2.21. The molecule has 0 heterocycles. The van der Waals surface area contributed by atoms with Gasteiger partial charge in [0.15, 0.2) is 6.10 Å². The van der Waals surface area contributed by atoms with Crippen LogP contribution < -0.4 is 5.32 Å². The van der Waals surface area contributed by atoms with Crippen molar-refractivity contribution in [2.24, 2.45) is 0 Å². The number of ketones is 2. The molecule has 20 heavy (non-hydrogen) atoms. The Kier molecular flexibility index (Phi) is 4.14. The van der Waals surface area contributed by atoms with Crippen molar-refractivity contribution in [1.82, 2.24) is 0 Å². The van der Waals surface area contributed by atoms with Gasteiger partial charge in [-0.05, 0) is 31.2 Å². The zero-order chi connectivity index (χ0) is 14.7. The van der Waals surface area contributed by atoms with E-state index in [-0.39, 0.29) is 0 Å². The molecule has 0 radical (unpaired) electrons. The Morgan fingerprint density at radius 1 is 1.20 bits per heavy atom. The summed E-state index contributed by atoms with van der Waals surface area (Å²) in [5, 5.41) is 2.91. The van der Waals surface area contributed by atoms with Gasteiger partial charge in [0.2, 0.25) is 11.6 Å². The van der Waals surface area contributed by atoms with E-state index in [0.717, 1.165) is 0 Å². The lowest BCUT2D eigenvalue weighted by Crippen LogP contribution is -2.61. The van der Waals surface area contributed by atoms with E-state index < -0.39 is 29.7 Å². The monoisotopic (exact) mass is 277 g/mol. The summed E-state index contributed by atoms with van der Waals surface area (Å²) in [6.07, 6.45) is -0.743. The van der Waals surface area contributed by atoms with Crippen LogP contribution in [-0.4, -0.2) is 43.4 Å². The maximum absolute atomic E-state index is 11.5. The number of Topliss-reactive ketones (excluding diaryl/α,β-unsaturated/α-hetero) is 2. The molecule has 1 aromatic carbocycles. The molecule has 2 unspecified atom stereocenters. The predicted octanol–water partition coefficient (Wildman–Crippen LogP) is 0.811. The highest BCUT2D eigenvalue weighted by atomic mass is 16.5. The van der Waals surface area contributed by atoms with Crippen molar-refractivity contribution < 1.29 is 23.9 Å². The molecule has 0 aromatic heterocycles. The van der Waals surface area contributed by atoms with Gasteiger partial charge in [-0.2, -0.15) is 0 Å². The van der Waals surface area contributed by atoms with Crippen LogP contribution in [0.3, 0.4) is 0 Å². The van der Waals surface area contributed by atoms with Gasteiger partial charge in [-0.25, -0.2) is 4.79 Å². The minimum atomic E-state index is -0.743. The first-order chi connectivity index (χ1) is 9.58. The van der Waals surface area contributed by atoms with Crippen LogP contribution in [0.2, 0.25) is 0 Å². The van der Waals surface area contributed by atoms with Gasteiger partial charge < -0.3 is 14.8 Å². The Morgan fingerprint density at radius 3 is 2.40 bits per heavy atom. The number of esters is 1. The first-order valence-electron chi connectivity index (χ1n) is 6.23. The zero-order valence-electron chi connectivity index (χ0n) is 11.2. The number of carbonyl (C=O) groups is 3. The number of hydrogen-bond donors (Lipinski definition) is 1. The lowest BCUT2D eigenvalue weighted by Gasteiger charge is -2.32. The van der Waals surface area contributed by atoms with Crippen molar-refractivity contribution in [3.8, 4) is 0 Å². The topological polar surface area (TPSA) is 81.7 Å². The quantitative estimate of drug-likeness (QED) is 0.633. The van der Waals surface area contributed by atoms with Crippen LogP contribution >= 0.6 is 0 Å². The maximum Gasteiger partial charge on any atom is 0.338 e. The van der Waals surface area contributed by atoms with Gasteiger partial charge in [-0.1, -0.05) is 0 Å². The second-order valence-corrected chi connectivity index (χ2v) is 4.30. The number of methoxy groups -OCH3 is 1. The van der Waals surface area contributed by atoms with Gasteiger partial charge in [-0.3, -0.25) is 9.59 Å². The van der Waals surface area contributed by atoms with Gasteiger partial charge in [0.25, 0.3) is 0 Å². The second kappa shape index (κ2) is 5.83. The standard InChI is InChI=1S/C14H15NO5/c1-3-20-14(18)8-4-6-9(7-5-8)15-10-11(16)12(17)13(10)19-2/h4-7,10,13,15H,3H2,1-2H3. The molecule has 0 bridgehead atoms. The van der Waals surface area contributed by atoms with Gasteiger partial charge in [0.1, 0.15) is 6.04 Å². The van der Waals surface area contributed by atoms with Crippen LogP contribution in [0.5, 0.6) is 0 Å². The highest BCUT2D eigenvalue weighted by Gasteiger charge is 2.49. The van der Waals surface area contributed by atoms with Crippen molar-refractivity contribution in [1.29, 1.82) is 0 Å². The molecule has 1 aromatic rings. The summed E-state index contributed by atoms with van der Waals surface area (Å²) in [6.45, 7) is 2.05. The molecular weight excluding hydrogens is 262 g/mol. The molecule has 6 nitrogen and oxygen atoms in total. The van der Waals surface area contributed by atoms with Crippen molar-refractivity contribution in [2.45, 2.75) is 19.1 Å². The third-order valence-electron chi connectivity index (χ3n) is 3.06. The Hall–Kier alpha value is -2.21. The normalized spacial score (nSPS) is 21.3. The van der Waals surface area contributed by atoms with Crippen molar-refractivity contribution in [3.63, 3.8) is 0 Å². The lowest BCUT2D eigenvalue weighted by atomic mass is 9.85. The molecule has 0 amide bonds. The predicted molar refractivity (Wildman–Crippen MR) is 70.6 cm³/mol. The minimum absolute atomic E-state index is 0.313. The molecular formula is C14H15NO5. The SMILES string of the molecule is CCOC(=O)c1ccc(NC2C(=O)C(=O)C2OC)cc1. The Labute approximate surface area is 116 Å². The van der Waals surface area contributed by atoms with Crippen LogP contribution in [-0.2, 0) is 19.1 Å². The number of rotatable bonds is 5. The summed E-state index contributed by atoms with van der Waals surface area (Å²) in [7, 11) is 1.38. The van der Waals surface area contributed by atoms with Crippen LogP contribution in [0.4, 0.5) is 5.69 Å². The molecule has 1 N–H and O–H groups in total. The molecule has 1 fully saturated rings. The smallest absolute Gasteiger partial charge is 0.338 e. The molecule has 6 heteroatoms. The molecule has 106 valence electrons. The summed E-state index contributed by atoms with van der Waals surface area (Å²) < 4.78 is 9.81. The van der Waals surface area contributed by atoms with Crippen LogP contribution in [0.1, 0.15) is 17.3 Å². The number of ether oxygens (including phenoxy) is 2. The molecule has 0 spiro atoms. The van der Waals surface area contributed by atoms with E-state index in [4.69, 9.17) is 9.47 Å². The highest BCUT2D eigenvalue weighted by molar-refractivity contribution is 6.49. The maximum atomic E-state index is 11.5. The lowest BCUT2D eigenvalue weighted by molar-refractivity contribution is -0.154. The zero-order valence-corrected chi connectivity index (χ0v) is 11.2. The van der Waals surface area contributed by atoms with E-state index in [1.54, 1.807) is 31.2 Å². The Morgan fingerprint density at radius 2 is 1.85 bits per heavy atom. The summed E-state index contributed by atoms with van der Waals surface area (Å²) in [5.74, 6) is -1.41. The van der Waals surface area contributed by atoms with E-state index in [1.807, 2.05) is 0 Å². The molecule has 2 atom stereocenters. The van der Waals surface area contributed by atoms with Crippen LogP contribution in [0.15, 0.2) is 24.3 Å². The molecule has 0 aliphatic heterocycles. The molecule has 1 aliphatic rings. The fourth-order valence-electron chi connectivity index (χ4n) is 1.97. The number of anilines is 1. The fourth-order valence-corrected chi connectivity index (χ4v) is 1.97. The van der Waals surface area contributed by atoms with Crippen LogP contribution in [0, 0.1) is 0 Å². The number of nitrogens with one attached hydrogen (secondary N) is 1. The van der Waals surface area contributed by atoms with E-state index in [0.29, 0.717) is 17.9 Å². The van der Waals surface area contributed by atoms with Crippen molar-refractivity contribution >= 4 is 23.2 Å². The molecule has 2 rings (SSSR count). The average Bonchev–Trinajstić information content (AvgIpc) is 2.47. The Bertz CT molecular complexity index is 537. The summed E-state index contributed by atoms with van der Waals surface area (Å²) >= 11 is 0. The summed E-state index contributed by atoms with van der Waals surface area (Å²) in [4.78, 5) is 34.1. The summed E-state index contributed by atoms with van der Waals surface area (Å²) in [5.41, 5.74) is 1.06. The number of hydrogen-bond acceptors (Lipinski definition) is 6. The van der Waals surface area contributed by atoms with E-state index in [9.17, 15) is 14.4 Å². The third-order valence-corrected chi connectivity index (χ3v) is 3.06. The van der Waals surface area contributed by atoms with Gasteiger partial charge in [-0.15, -0.1) is 0 Å². The average molecular weight is 277 g/mol. The first kappa shape index (κ1) is 14.2. The number of benzene rings is 1. The largest absolute Gasteiger partial charge is 0.462 e. The minimum Gasteiger partial charge on any atom is -0.462 e. The van der Waals surface area contributed by atoms with Crippen molar-refractivity contribution in [3.05, 3.63) is 29.8 Å².